The highest BCUT2D eigenvalue weighted by Gasteiger charge is 2.09. The van der Waals surface area contributed by atoms with Crippen molar-refractivity contribution in [1.82, 2.24) is 10.2 Å². The molecule has 16 heavy (non-hydrogen) atoms. The summed E-state index contributed by atoms with van der Waals surface area (Å²) in [6, 6.07) is 5.77. The standard InChI is InChI=1S/C11H12N2O2S/c1-7-6-8(4-5-9(7)14-2)10-12-13-11(15-10)16-3/h4-6H,1-3H3. The molecule has 0 N–H and O–H groups in total. The van der Waals surface area contributed by atoms with Crippen LogP contribution >= 0.6 is 11.8 Å². The second-order valence-corrected chi connectivity index (χ2v) is 4.02. The molecule has 2 rings (SSSR count). The third-order valence-electron chi connectivity index (χ3n) is 2.22. The fraction of sp³-hybridized carbons (Fsp3) is 0.273. The SMILES string of the molecule is COc1ccc(-c2nnc(SC)o2)cc1C. The van der Waals surface area contributed by atoms with Crippen molar-refractivity contribution in [2.24, 2.45) is 0 Å². The molecule has 5 heteroatoms. The van der Waals surface area contributed by atoms with Crippen LogP contribution in [-0.2, 0) is 0 Å². The minimum atomic E-state index is 0.537. The first kappa shape index (κ1) is 11.0. The molecular formula is C11H12N2O2S. The Balaban J connectivity index is 2.37. The number of hydrogen-bond donors (Lipinski definition) is 0. The Labute approximate surface area is 98.0 Å². The summed E-state index contributed by atoms with van der Waals surface area (Å²) < 4.78 is 10.6. The van der Waals surface area contributed by atoms with Crippen molar-refractivity contribution in [3.8, 4) is 17.2 Å². The number of ether oxygens (including phenoxy) is 1. The Hall–Kier alpha value is -1.49. The highest BCUT2D eigenvalue weighted by molar-refractivity contribution is 7.98. The highest BCUT2D eigenvalue weighted by Crippen LogP contribution is 2.26. The lowest BCUT2D eigenvalue weighted by atomic mass is 10.1. The van der Waals surface area contributed by atoms with Gasteiger partial charge in [-0.3, -0.25) is 0 Å². The summed E-state index contributed by atoms with van der Waals surface area (Å²) >= 11 is 1.43. The highest BCUT2D eigenvalue weighted by atomic mass is 32.2. The average molecular weight is 236 g/mol. The molecule has 0 aliphatic rings. The van der Waals surface area contributed by atoms with Gasteiger partial charge in [0.2, 0.25) is 5.89 Å². The third kappa shape index (κ3) is 2.04. The molecule has 0 radical (unpaired) electrons. The molecule has 0 aliphatic carbocycles. The number of rotatable bonds is 3. The lowest BCUT2D eigenvalue weighted by Gasteiger charge is -2.04. The van der Waals surface area contributed by atoms with E-state index in [9.17, 15) is 0 Å². The van der Waals surface area contributed by atoms with E-state index in [2.05, 4.69) is 10.2 Å². The summed E-state index contributed by atoms with van der Waals surface area (Å²) in [5.74, 6) is 1.39. The van der Waals surface area contributed by atoms with Gasteiger partial charge in [0.1, 0.15) is 5.75 Å². The third-order valence-corrected chi connectivity index (χ3v) is 2.74. The van der Waals surface area contributed by atoms with Crippen LogP contribution in [0.25, 0.3) is 11.5 Å². The molecular weight excluding hydrogens is 224 g/mol. The summed E-state index contributed by atoms with van der Waals surface area (Å²) in [5, 5.41) is 8.45. The predicted octanol–water partition coefficient (Wildman–Crippen LogP) is 2.78. The molecule has 0 spiro atoms. The van der Waals surface area contributed by atoms with E-state index in [1.807, 2.05) is 31.4 Å². The monoisotopic (exact) mass is 236 g/mol. The molecule has 0 aliphatic heterocycles. The summed E-state index contributed by atoms with van der Waals surface area (Å²) in [7, 11) is 1.65. The topological polar surface area (TPSA) is 48.2 Å². The molecule has 1 aromatic heterocycles. The van der Waals surface area contributed by atoms with Gasteiger partial charge in [0.25, 0.3) is 5.22 Å². The molecule has 0 bridgehead atoms. The smallest absolute Gasteiger partial charge is 0.276 e. The maximum absolute atomic E-state index is 5.45. The van der Waals surface area contributed by atoms with Crippen molar-refractivity contribution in [3.05, 3.63) is 23.8 Å². The van der Waals surface area contributed by atoms with Crippen molar-refractivity contribution >= 4 is 11.8 Å². The molecule has 0 amide bonds. The zero-order chi connectivity index (χ0) is 11.5. The van der Waals surface area contributed by atoms with Crippen molar-refractivity contribution in [2.75, 3.05) is 13.4 Å². The number of aryl methyl sites for hydroxylation is 1. The first-order valence-corrected chi connectivity index (χ1v) is 5.99. The molecule has 0 unspecified atom stereocenters. The summed E-state index contributed by atoms with van der Waals surface area (Å²) in [4.78, 5) is 0. The van der Waals surface area contributed by atoms with E-state index in [0.717, 1.165) is 16.9 Å². The lowest BCUT2D eigenvalue weighted by molar-refractivity contribution is 0.411. The summed E-state index contributed by atoms with van der Waals surface area (Å²) in [6.45, 7) is 1.98. The minimum Gasteiger partial charge on any atom is -0.496 e. The number of thioether (sulfide) groups is 1. The van der Waals surface area contributed by atoms with Crippen molar-refractivity contribution < 1.29 is 9.15 Å². The zero-order valence-electron chi connectivity index (χ0n) is 9.35. The van der Waals surface area contributed by atoms with Crippen molar-refractivity contribution in [1.29, 1.82) is 0 Å². The van der Waals surface area contributed by atoms with Gasteiger partial charge in [-0.2, -0.15) is 0 Å². The van der Waals surface area contributed by atoms with Crippen LogP contribution in [0.4, 0.5) is 0 Å². The second-order valence-electron chi connectivity index (χ2n) is 3.26. The number of benzene rings is 1. The van der Waals surface area contributed by atoms with Gasteiger partial charge >= 0.3 is 0 Å². The Morgan fingerprint density at radius 1 is 1.31 bits per heavy atom. The summed E-state index contributed by atoms with van der Waals surface area (Å²) in [6.07, 6.45) is 1.90. The van der Waals surface area contributed by atoms with Gasteiger partial charge < -0.3 is 9.15 Å². The zero-order valence-corrected chi connectivity index (χ0v) is 10.2. The Bertz CT molecular complexity index is 496. The van der Waals surface area contributed by atoms with E-state index >= 15 is 0 Å². The first-order valence-electron chi connectivity index (χ1n) is 4.77. The molecule has 4 nitrogen and oxygen atoms in total. The molecule has 0 saturated carbocycles. The van der Waals surface area contributed by atoms with Crippen LogP contribution in [0.3, 0.4) is 0 Å². The Morgan fingerprint density at radius 3 is 2.69 bits per heavy atom. The second kappa shape index (κ2) is 4.57. The fourth-order valence-electron chi connectivity index (χ4n) is 1.42. The van der Waals surface area contributed by atoms with Crippen LogP contribution in [0.15, 0.2) is 27.8 Å². The molecule has 0 saturated heterocycles. The van der Waals surface area contributed by atoms with Crippen molar-refractivity contribution in [3.63, 3.8) is 0 Å². The molecule has 2 aromatic rings. The van der Waals surface area contributed by atoms with Gasteiger partial charge in [-0.05, 0) is 36.9 Å². The number of hydrogen-bond acceptors (Lipinski definition) is 5. The average Bonchev–Trinajstić information content (AvgIpc) is 2.77. The number of aromatic nitrogens is 2. The van der Waals surface area contributed by atoms with Gasteiger partial charge in [0, 0.05) is 5.56 Å². The van der Waals surface area contributed by atoms with Crippen molar-refractivity contribution in [2.45, 2.75) is 12.1 Å². The van der Waals surface area contributed by atoms with Gasteiger partial charge in [0.15, 0.2) is 0 Å². The van der Waals surface area contributed by atoms with E-state index in [-0.39, 0.29) is 0 Å². The van der Waals surface area contributed by atoms with E-state index in [1.165, 1.54) is 11.8 Å². The molecule has 0 fully saturated rings. The van der Waals surface area contributed by atoms with E-state index in [0.29, 0.717) is 11.1 Å². The van der Waals surface area contributed by atoms with Gasteiger partial charge in [-0.1, -0.05) is 11.8 Å². The first-order chi connectivity index (χ1) is 7.74. The van der Waals surface area contributed by atoms with Crippen LogP contribution in [0.5, 0.6) is 5.75 Å². The van der Waals surface area contributed by atoms with Crippen LogP contribution in [0, 0.1) is 6.92 Å². The van der Waals surface area contributed by atoms with Crippen LogP contribution in [0.1, 0.15) is 5.56 Å². The number of nitrogens with zero attached hydrogens (tertiary/aromatic N) is 2. The van der Waals surface area contributed by atoms with Gasteiger partial charge in [0.05, 0.1) is 7.11 Å². The summed E-state index contributed by atoms with van der Waals surface area (Å²) in [5.41, 5.74) is 1.95. The van der Waals surface area contributed by atoms with E-state index in [1.54, 1.807) is 7.11 Å². The van der Waals surface area contributed by atoms with Gasteiger partial charge in [-0.25, -0.2) is 0 Å². The van der Waals surface area contributed by atoms with Crippen LogP contribution in [0.2, 0.25) is 0 Å². The Kier molecular flexibility index (Phi) is 3.14. The van der Waals surface area contributed by atoms with Crippen LogP contribution in [-0.4, -0.2) is 23.6 Å². The fourth-order valence-corrected chi connectivity index (χ4v) is 1.71. The quantitative estimate of drug-likeness (QED) is 0.767. The normalized spacial score (nSPS) is 10.4. The maximum atomic E-state index is 5.45. The number of methoxy groups -OCH3 is 1. The van der Waals surface area contributed by atoms with Gasteiger partial charge in [-0.15, -0.1) is 10.2 Å². The van der Waals surface area contributed by atoms with E-state index in [4.69, 9.17) is 9.15 Å². The lowest BCUT2D eigenvalue weighted by Crippen LogP contribution is -1.87. The van der Waals surface area contributed by atoms with E-state index < -0.39 is 0 Å². The minimum absolute atomic E-state index is 0.537. The predicted molar refractivity (Wildman–Crippen MR) is 62.8 cm³/mol. The molecule has 84 valence electrons. The molecule has 1 heterocycles. The Morgan fingerprint density at radius 2 is 2.12 bits per heavy atom. The maximum Gasteiger partial charge on any atom is 0.276 e. The van der Waals surface area contributed by atoms with Crippen LogP contribution < -0.4 is 4.74 Å². The molecule has 1 aromatic carbocycles. The largest absolute Gasteiger partial charge is 0.496 e. The molecule has 0 atom stereocenters.